The molecule has 0 radical (unpaired) electrons. The van der Waals surface area contributed by atoms with E-state index in [1.54, 1.807) is 0 Å². The topological polar surface area (TPSA) is 35.9 Å². The number of aryl methyl sites for hydroxylation is 3. The van der Waals surface area contributed by atoms with Gasteiger partial charge in [-0.3, -0.25) is 0 Å². The fraction of sp³-hybridized carbons (Fsp3) is 0.250. The third-order valence-corrected chi connectivity index (χ3v) is 14.6. The van der Waals surface area contributed by atoms with Gasteiger partial charge in [0.15, 0.2) is 0 Å². The molecule has 4 aliphatic rings. The van der Waals surface area contributed by atoms with E-state index in [1.807, 2.05) is 31.4 Å². The minimum Gasteiger partial charge on any atom is -0.510 e. The number of ether oxygens (including phenoxy) is 1. The molecular formula is C56H48N4OPt-2. The van der Waals surface area contributed by atoms with Gasteiger partial charge in [0.25, 0.3) is 0 Å². The summed E-state index contributed by atoms with van der Waals surface area (Å²) in [4.78, 5) is 5.10. The van der Waals surface area contributed by atoms with Crippen LogP contribution in [0, 0.1) is 61.9 Å². The van der Waals surface area contributed by atoms with Crippen molar-refractivity contribution in [2.45, 2.75) is 51.9 Å². The van der Waals surface area contributed by atoms with Crippen LogP contribution in [0.5, 0.6) is 11.5 Å². The molecule has 0 spiro atoms. The van der Waals surface area contributed by atoms with Crippen molar-refractivity contribution in [3.8, 4) is 34.1 Å². The Bertz CT molecular complexity index is 3100. The molecule has 3 heterocycles. The molecule has 6 heteroatoms. The predicted octanol–water partition coefficient (Wildman–Crippen LogP) is 12.6. The van der Waals surface area contributed by atoms with E-state index in [2.05, 4.69) is 161 Å². The number of hydrogen-bond acceptors (Lipinski definition) is 2. The van der Waals surface area contributed by atoms with Crippen LogP contribution < -0.4 is 9.30 Å². The summed E-state index contributed by atoms with van der Waals surface area (Å²) in [6, 6.07) is 55.2. The maximum atomic E-state index is 6.63. The molecule has 5 nitrogen and oxygen atoms in total. The van der Waals surface area contributed by atoms with E-state index in [9.17, 15) is 0 Å². The summed E-state index contributed by atoms with van der Waals surface area (Å²) in [5, 5.41) is 2.29. The van der Waals surface area contributed by atoms with Gasteiger partial charge in [-0.05, 0) is 133 Å². The van der Waals surface area contributed by atoms with Crippen molar-refractivity contribution in [3.63, 3.8) is 0 Å². The SMILES string of the molecule is Cc1cccc(C)c1-c1ccc2c(c1)[n+](C)[c-]n2-c1[c-]c(Oc2[c-]c3c(cc2)c2ccccc2n3-c2cc(C(c3ccccc3)C3C4CC5CC(C4)CC3C5)ccn2)ccc1.[Pt]. The standard InChI is InChI=1S/C56H48N4O.Pt/c1-35-11-9-12-36(2)54(35)40-19-22-50-52(30-40)58(3)34-59(50)44-15-10-16-45(32-44)61-46-20-21-48-47-17-7-8-18-49(47)60(51(48)33-46)53-31-41(23-24-57-53)55(39-13-5-4-6-14-39)56-42-26-37-25-38(28-42)29-43(56)27-37;/h4-24,30-31,37-38,42-43,55-56H,25-29H2,1-3H3;/q-2;. The number of hydrogen-bond donors (Lipinski definition) is 0. The summed E-state index contributed by atoms with van der Waals surface area (Å²) >= 11 is 0. The molecule has 4 aliphatic carbocycles. The third kappa shape index (κ3) is 6.54. The number of fused-ring (bicyclic) bond motifs is 4. The molecule has 1 atom stereocenters. The normalized spacial score (nSPS) is 20.8. The third-order valence-electron chi connectivity index (χ3n) is 14.6. The van der Waals surface area contributed by atoms with Crippen molar-refractivity contribution in [1.82, 2.24) is 14.1 Å². The number of aromatic nitrogens is 4. The minimum atomic E-state index is 0. The Morgan fingerprint density at radius 2 is 1.39 bits per heavy atom. The van der Waals surface area contributed by atoms with E-state index in [0.717, 1.165) is 62.6 Å². The molecular weight excluding hydrogens is 940 g/mol. The zero-order chi connectivity index (χ0) is 40.8. The van der Waals surface area contributed by atoms with E-state index in [0.29, 0.717) is 23.3 Å². The molecule has 62 heavy (non-hydrogen) atoms. The first-order valence-corrected chi connectivity index (χ1v) is 22.1. The molecule has 4 fully saturated rings. The second-order valence-corrected chi connectivity index (χ2v) is 18.2. The molecule has 4 saturated carbocycles. The number of nitrogens with zero attached hydrogens (tertiary/aromatic N) is 4. The van der Waals surface area contributed by atoms with Crippen molar-refractivity contribution in [3.05, 3.63) is 180 Å². The smallest absolute Gasteiger partial charge is 0.242 e. The Balaban J connectivity index is 0.00000432. The molecule has 6 aromatic carbocycles. The molecule has 4 bridgehead atoms. The molecule has 0 N–H and O–H groups in total. The van der Waals surface area contributed by atoms with Crippen LogP contribution in [0.3, 0.4) is 0 Å². The first kappa shape index (κ1) is 39.1. The Morgan fingerprint density at radius 3 is 2.18 bits per heavy atom. The minimum absolute atomic E-state index is 0. The first-order valence-electron chi connectivity index (χ1n) is 22.1. The van der Waals surface area contributed by atoms with Gasteiger partial charge in [0.1, 0.15) is 5.82 Å². The number of para-hydroxylation sites is 1. The van der Waals surface area contributed by atoms with Crippen LogP contribution in [0.15, 0.2) is 140 Å². The second-order valence-electron chi connectivity index (χ2n) is 18.2. The number of imidazole rings is 1. The second kappa shape index (κ2) is 15.5. The van der Waals surface area contributed by atoms with Gasteiger partial charge in [-0.2, -0.15) is 18.2 Å². The van der Waals surface area contributed by atoms with E-state index < -0.39 is 0 Å². The molecule has 0 saturated heterocycles. The Morgan fingerprint density at radius 1 is 0.661 bits per heavy atom. The Hall–Kier alpha value is -5.77. The average molecular weight is 988 g/mol. The summed E-state index contributed by atoms with van der Waals surface area (Å²) in [5.74, 6) is 6.63. The van der Waals surface area contributed by atoms with Gasteiger partial charge in [-0.1, -0.05) is 96.1 Å². The van der Waals surface area contributed by atoms with Crippen LogP contribution in [0.4, 0.5) is 0 Å². The summed E-state index contributed by atoms with van der Waals surface area (Å²) in [6.45, 7) is 4.36. The maximum Gasteiger partial charge on any atom is 0.242 e. The summed E-state index contributed by atoms with van der Waals surface area (Å²) in [6.07, 6.45) is 12.6. The van der Waals surface area contributed by atoms with E-state index in [-0.39, 0.29) is 21.1 Å². The molecule has 13 rings (SSSR count). The maximum absolute atomic E-state index is 6.63. The van der Waals surface area contributed by atoms with Crippen LogP contribution in [0.1, 0.15) is 60.3 Å². The van der Waals surface area contributed by atoms with Crippen LogP contribution in [0.25, 0.3) is 55.5 Å². The summed E-state index contributed by atoms with van der Waals surface area (Å²) in [7, 11) is 2.05. The van der Waals surface area contributed by atoms with Crippen LogP contribution >= 0.6 is 0 Å². The van der Waals surface area contributed by atoms with Gasteiger partial charge in [-0.15, -0.1) is 29.7 Å². The number of rotatable bonds is 8. The van der Waals surface area contributed by atoms with Gasteiger partial charge in [-0.25, -0.2) is 4.98 Å². The predicted molar refractivity (Wildman–Crippen MR) is 243 cm³/mol. The van der Waals surface area contributed by atoms with Gasteiger partial charge < -0.3 is 18.4 Å². The first-order chi connectivity index (χ1) is 29.9. The van der Waals surface area contributed by atoms with Gasteiger partial charge >= 0.3 is 0 Å². The fourth-order valence-electron chi connectivity index (χ4n) is 12.3. The zero-order valence-corrected chi connectivity index (χ0v) is 37.6. The molecule has 3 aromatic heterocycles. The van der Waals surface area contributed by atoms with Gasteiger partial charge in [0, 0.05) is 50.2 Å². The van der Waals surface area contributed by atoms with E-state index in [4.69, 9.17) is 9.72 Å². The van der Waals surface area contributed by atoms with Crippen LogP contribution in [-0.2, 0) is 28.1 Å². The molecule has 9 aromatic rings. The summed E-state index contributed by atoms with van der Waals surface area (Å²) in [5.41, 5.74) is 12.9. The molecule has 310 valence electrons. The van der Waals surface area contributed by atoms with Gasteiger partial charge in [0.05, 0.1) is 18.1 Å². The Labute approximate surface area is 378 Å². The van der Waals surface area contributed by atoms with Crippen molar-refractivity contribution < 1.29 is 30.4 Å². The fourth-order valence-corrected chi connectivity index (χ4v) is 12.3. The molecule has 1 unspecified atom stereocenters. The van der Waals surface area contributed by atoms with E-state index >= 15 is 0 Å². The van der Waals surface area contributed by atoms with Crippen molar-refractivity contribution in [2.24, 2.45) is 36.6 Å². The molecule has 0 aliphatic heterocycles. The number of pyridine rings is 1. The number of benzene rings is 6. The van der Waals surface area contributed by atoms with E-state index in [1.165, 1.54) is 70.9 Å². The van der Waals surface area contributed by atoms with Crippen molar-refractivity contribution in [2.75, 3.05) is 0 Å². The Kier molecular flexibility index (Phi) is 9.80. The van der Waals surface area contributed by atoms with Crippen molar-refractivity contribution in [1.29, 1.82) is 0 Å². The van der Waals surface area contributed by atoms with Crippen LogP contribution in [-0.4, -0.2) is 14.1 Å². The largest absolute Gasteiger partial charge is 0.510 e. The quantitative estimate of drug-likeness (QED) is 0.112. The zero-order valence-electron chi connectivity index (χ0n) is 35.3. The monoisotopic (exact) mass is 987 g/mol. The van der Waals surface area contributed by atoms with Crippen LogP contribution in [0.2, 0.25) is 0 Å². The average Bonchev–Trinajstić information content (AvgIpc) is 3.78. The van der Waals surface area contributed by atoms with Gasteiger partial charge in [0.2, 0.25) is 6.33 Å². The van der Waals surface area contributed by atoms with Crippen molar-refractivity contribution >= 4 is 32.8 Å². The molecule has 0 amide bonds. The summed E-state index contributed by atoms with van der Waals surface area (Å²) < 4.78 is 13.0.